The molecule has 74 valence electrons. The summed E-state index contributed by atoms with van der Waals surface area (Å²) >= 11 is 0. The minimum atomic E-state index is 0.225. The van der Waals surface area contributed by atoms with Gasteiger partial charge in [0.25, 0.3) is 0 Å². The Kier molecular flexibility index (Phi) is 6.25. The molecule has 1 heteroatoms. The van der Waals surface area contributed by atoms with Crippen molar-refractivity contribution in [3.8, 4) is 0 Å². The zero-order valence-electron chi connectivity index (χ0n) is 9.04. The lowest BCUT2D eigenvalue weighted by molar-refractivity contribution is 0.273. The predicted octanol–water partition coefficient (Wildman–Crippen LogP) is 3.12. The lowest BCUT2D eigenvalue weighted by Crippen LogP contribution is -1.97. The third kappa shape index (κ3) is 4.09. The summed E-state index contributed by atoms with van der Waals surface area (Å²) in [5.74, 6) is 0.260. The fourth-order valence-electron chi connectivity index (χ4n) is 1.00. The largest absolute Gasteiger partial charge is 0.396 e. The first kappa shape index (κ1) is 12.2. The number of aliphatic hydroxyl groups excluding tert-OH is 1. The highest BCUT2D eigenvalue weighted by Crippen LogP contribution is 2.14. The van der Waals surface area contributed by atoms with Crippen molar-refractivity contribution in [1.29, 1.82) is 0 Å². The van der Waals surface area contributed by atoms with E-state index in [-0.39, 0.29) is 12.5 Å². The van der Waals surface area contributed by atoms with Crippen LogP contribution in [0.5, 0.6) is 0 Å². The minimum absolute atomic E-state index is 0.225. The molecule has 0 amide bonds. The Morgan fingerprint density at radius 1 is 1.15 bits per heavy atom. The second kappa shape index (κ2) is 6.67. The molecule has 1 aromatic rings. The molecule has 1 aromatic carbocycles. The van der Waals surface area contributed by atoms with Crippen molar-refractivity contribution in [2.24, 2.45) is 0 Å². The summed E-state index contributed by atoms with van der Waals surface area (Å²) in [6.45, 7) is 8.31. The summed E-state index contributed by atoms with van der Waals surface area (Å²) < 4.78 is 0. The van der Waals surface area contributed by atoms with E-state index in [4.69, 9.17) is 5.11 Å². The maximum Gasteiger partial charge on any atom is 0.0497 e. The Balaban J connectivity index is 0.000000671. The van der Waals surface area contributed by atoms with E-state index in [0.717, 1.165) is 0 Å². The predicted molar refractivity (Wildman–Crippen MR) is 58.0 cm³/mol. The van der Waals surface area contributed by atoms with Gasteiger partial charge in [0.05, 0.1) is 0 Å². The van der Waals surface area contributed by atoms with E-state index in [1.165, 1.54) is 11.1 Å². The van der Waals surface area contributed by atoms with E-state index in [1.807, 2.05) is 20.8 Å². The zero-order chi connectivity index (χ0) is 10.3. The van der Waals surface area contributed by atoms with Gasteiger partial charge in [0.1, 0.15) is 0 Å². The van der Waals surface area contributed by atoms with Crippen LogP contribution in [0.25, 0.3) is 0 Å². The first-order valence-electron chi connectivity index (χ1n) is 4.91. The SMILES string of the molecule is CC.Cc1ccc(C(C)CO)cc1. The van der Waals surface area contributed by atoms with Crippen LogP contribution in [0, 0.1) is 6.92 Å². The van der Waals surface area contributed by atoms with Crippen LogP contribution < -0.4 is 0 Å². The molecule has 0 heterocycles. The molecule has 1 unspecified atom stereocenters. The molecule has 1 nitrogen and oxygen atoms in total. The van der Waals surface area contributed by atoms with Crippen LogP contribution in [-0.2, 0) is 0 Å². The molecule has 1 atom stereocenters. The maximum absolute atomic E-state index is 8.86. The fraction of sp³-hybridized carbons (Fsp3) is 0.500. The second-order valence-corrected chi connectivity index (χ2v) is 2.99. The Morgan fingerprint density at radius 3 is 2.00 bits per heavy atom. The molecule has 0 aromatic heterocycles. The molecule has 0 bridgehead atoms. The average molecular weight is 180 g/mol. The van der Waals surface area contributed by atoms with Crippen molar-refractivity contribution < 1.29 is 5.11 Å². The van der Waals surface area contributed by atoms with Crippen molar-refractivity contribution in [3.05, 3.63) is 35.4 Å². The molecule has 0 aliphatic rings. The number of aliphatic hydroxyl groups is 1. The van der Waals surface area contributed by atoms with Crippen LogP contribution in [0.15, 0.2) is 24.3 Å². The minimum Gasteiger partial charge on any atom is -0.396 e. The van der Waals surface area contributed by atoms with Gasteiger partial charge in [0.15, 0.2) is 0 Å². The van der Waals surface area contributed by atoms with Gasteiger partial charge in [0, 0.05) is 12.5 Å². The summed E-state index contributed by atoms with van der Waals surface area (Å²) in [6, 6.07) is 8.27. The number of benzene rings is 1. The van der Waals surface area contributed by atoms with E-state index in [9.17, 15) is 0 Å². The molecule has 0 aliphatic heterocycles. The molecule has 0 aliphatic carbocycles. The highest BCUT2D eigenvalue weighted by atomic mass is 16.3. The maximum atomic E-state index is 8.86. The molecule has 1 N–H and O–H groups in total. The number of rotatable bonds is 2. The van der Waals surface area contributed by atoms with Gasteiger partial charge in [-0.2, -0.15) is 0 Å². The Bertz CT molecular complexity index is 213. The zero-order valence-corrected chi connectivity index (χ0v) is 9.04. The molecule has 0 fully saturated rings. The highest BCUT2D eigenvalue weighted by molar-refractivity contribution is 5.23. The van der Waals surface area contributed by atoms with E-state index >= 15 is 0 Å². The van der Waals surface area contributed by atoms with Crippen molar-refractivity contribution >= 4 is 0 Å². The molecule has 1 rings (SSSR count). The van der Waals surface area contributed by atoms with Gasteiger partial charge >= 0.3 is 0 Å². The Morgan fingerprint density at radius 2 is 1.62 bits per heavy atom. The van der Waals surface area contributed by atoms with Gasteiger partial charge < -0.3 is 5.11 Å². The molecule has 0 saturated heterocycles. The van der Waals surface area contributed by atoms with Crippen LogP contribution in [0.4, 0.5) is 0 Å². The topological polar surface area (TPSA) is 20.2 Å². The quantitative estimate of drug-likeness (QED) is 0.741. The summed E-state index contributed by atoms with van der Waals surface area (Å²) in [7, 11) is 0. The third-order valence-electron chi connectivity index (χ3n) is 1.92. The lowest BCUT2D eigenvalue weighted by Gasteiger charge is -2.07. The van der Waals surface area contributed by atoms with Crippen LogP contribution in [0.2, 0.25) is 0 Å². The highest BCUT2D eigenvalue weighted by Gasteiger charge is 2.01. The summed E-state index contributed by atoms with van der Waals surface area (Å²) in [4.78, 5) is 0. The van der Waals surface area contributed by atoms with Crippen LogP contribution in [0.3, 0.4) is 0 Å². The molecule has 13 heavy (non-hydrogen) atoms. The van der Waals surface area contributed by atoms with Gasteiger partial charge in [-0.15, -0.1) is 0 Å². The van der Waals surface area contributed by atoms with Gasteiger partial charge in [0.2, 0.25) is 0 Å². The van der Waals surface area contributed by atoms with Crippen LogP contribution >= 0.6 is 0 Å². The van der Waals surface area contributed by atoms with Crippen molar-refractivity contribution in [2.45, 2.75) is 33.6 Å². The number of hydrogen-bond donors (Lipinski definition) is 1. The van der Waals surface area contributed by atoms with Gasteiger partial charge in [-0.05, 0) is 12.5 Å². The normalized spacial score (nSPS) is 11.5. The standard InChI is InChI=1S/C10H14O.C2H6/c1-8-3-5-10(6-4-8)9(2)7-11;1-2/h3-6,9,11H,7H2,1-2H3;1-2H3. The molecule has 0 spiro atoms. The third-order valence-corrected chi connectivity index (χ3v) is 1.92. The summed E-state index contributed by atoms with van der Waals surface area (Å²) in [6.07, 6.45) is 0. The van der Waals surface area contributed by atoms with E-state index in [0.29, 0.717) is 0 Å². The van der Waals surface area contributed by atoms with Gasteiger partial charge in [-0.1, -0.05) is 50.6 Å². The lowest BCUT2D eigenvalue weighted by atomic mass is 10.0. The van der Waals surface area contributed by atoms with Crippen molar-refractivity contribution in [1.82, 2.24) is 0 Å². The monoisotopic (exact) mass is 180 g/mol. The Labute approximate surface area is 81.4 Å². The summed E-state index contributed by atoms with van der Waals surface area (Å²) in [5, 5.41) is 8.86. The van der Waals surface area contributed by atoms with Gasteiger partial charge in [-0.3, -0.25) is 0 Å². The second-order valence-electron chi connectivity index (χ2n) is 2.99. The first-order chi connectivity index (χ1) is 6.24. The molecular weight excluding hydrogens is 160 g/mol. The average Bonchev–Trinajstić information content (AvgIpc) is 2.21. The van der Waals surface area contributed by atoms with E-state index in [1.54, 1.807) is 0 Å². The smallest absolute Gasteiger partial charge is 0.0497 e. The van der Waals surface area contributed by atoms with E-state index in [2.05, 4.69) is 31.2 Å². The Hall–Kier alpha value is -0.820. The molecule has 0 saturated carbocycles. The first-order valence-corrected chi connectivity index (χ1v) is 4.91. The molecule has 0 radical (unpaired) electrons. The molecular formula is C12H20O. The van der Waals surface area contributed by atoms with Crippen LogP contribution in [-0.4, -0.2) is 11.7 Å². The summed E-state index contributed by atoms with van der Waals surface area (Å²) in [5.41, 5.74) is 2.47. The van der Waals surface area contributed by atoms with Gasteiger partial charge in [-0.25, -0.2) is 0 Å². The fourth-order valence-corrected chi connectivity index (χ4v) is 1.00. The van der Waals surface area contributed by atoms with Crippen molar-refractivity contribution in [2.75, 3.05) is 6.61 Å². The number of aryl methyl sites for hydroxylation is 1. The van der Waals surface area contributed by atoms with Crippen LogP contribution in [0.1, 0.15) is 37.8 Å². The van der Waals surface area contributed by atoms with E-state index < -0.39 is 0 Å². The van der Waals surface area contributed by atoms with Crippen molar-refractivity contribution in [3.63, 3.8) is 0 Å². The number of hydrogen-bond acceptors (Lipinski definition) is 1.